The van der Waals surface area contributed by atoms with Crippen LogP contribution in [-0.4, -0.2) is 38.6 Å². The van der Waals surface area contributed by atoms with E-state index in [-0.39, 0.29) is 12.1 Å². The SMILES string of the molecule is Cc1cc([C@@H]2[C@H](c3ccccn3)NC(=S)N2Cc2cccnc2)c(C)n1-c1ccc(N(C)C)cc1. The van der Waals surface area contributed by atoms with Crippen LogP contribution in [0.15, 0.2) is 79.3 Å². The van der Waals surface area contributed by atoms with Crippen molar-refractivity contribution in [3.05, 3.63) is 107 Å². The number of pyridine rings is 2. The predicted molar refractivity (Wildman–Crippen MR) is 145 cm³/mol. The number of nitrogens with one attached hydrogen (secondary N) is 1. The minimum absolute atomic E-state index is 0.00129. The van der Waals surface area contributed by atoms with E-state index in [1.807, 2.05) is 30.6 Å². The van der Waals surface area contributed by atoms with Crippen LogP contribution in [0.25, 0.3) is 5.69 Å². The van der Waals surface area contributed by atoms with Gasteiger partial charge < -0.3 is 19.7 Å². The second kappa shape index (κ2) is 9.50. The predicted octanol–water partition coefficient (Wildman–Crippen LogP) is 5.12. The van der Waals surface area contributed by atoms with E-state index >= 15 is 0 Å². The Hall–Kier alpha value is -3.71. The van der Waals surface area contributed by atoms with Crippen molar-refractivity contribution in [2.24, 2.45) is 0 Å². The third-order valence-electron chi connectivity index (χ3n) is 6.69. The number of benzene rings is 1. The molecule has 0 bridgehead atoms. The molecule has 0 saturated carbocycles. The molecule has 1 aromatic carbocycles. The van der Waals surface area contributed by atoms with Crippen LogP contribution in [0.4, 0.5) is 5.69 Å². The Kier molecular flexibility index (Phi) is 6.26. The molecule has 0 spiro atoms. The zero-order valence-corrected chi connectivity index (χ0v) is 21.3. The van der Waals surface area contributed by atoms with Crippen molar-refractivity contribution >= 4 is 23.0 Å². The van der Waals surface area contributed by atoms with E-state index < -0.39 is 0 Å². The Balaban J connectivity index is 1.59. The summed E-state index contributed by atoms with van der Waals surface area (Å²) >= 11 is 5.86. The molecule has 2 atom stereocenters. The molecule has 1 saturated heterocycles. The number of hydrogen-bond acceptors (Lipinski definition) is 4. The highest BCUT2D eigenvalue weighted by Crippen LogP contribution is 2.42. The van der Waals surface area contributed by atoms with Gasteiger partial charge in [-0.25, -0.2) is 0 Å². The Morgan fingerprint density at radius 2 is 1.80 bits per heavy atom. The molecule has 3 aromatic heterocycles. The van der Waals surface area contributed by atoms with Crippen LogP contribution in [0.5, 0.6) is 0 Å². The van der Waals surface area contributed by atoms with Gasteiger partial charge >= 0.3 is 0 Å². The number of rotatable bonds is 6. The smallest absolute Gasteiger partial charge is 0.170 e. The molecule has 1 N–H and O–H groups in total. The molecule has 178 valence electrons. The lowest BCUT2D eigenvalue weighted by molar-refractivity contribution is 0.310. The monoisotopic (exact) mass is 482 g/mol. The van der Waals surface area contributed by atoms with Crippen LogP contribution in [0.3, 0.4) is 0 Å². The van der Waals surface area contributed by atoms with Crippen molar-refractivity contribution in [1.82, 2.24) is 24.8 Å². The normalized spacial score (nSPS) is 17.5. The quantitative estimate of drug-likeness (QED) is 0.385. The summed E-state index contributed by atoms with van der Waals surface area (Å²) in [5, 5.41) is 4.30. The summed E-state index contributed by atoms with van der Waals surface area (Å²) in [6.07, 6.45) is 5.55. The molecular weight excluding hydrogens is 452 g/mol. The zero-order chi connectivity index (χ0) is 24.5. The van der Waals surface area contributed by atoms with E-state index in [0.717, 1.165) is 22.1 Å². The van der Waals surface area contributed by atoms with E-state index in [9.17, 15) is 0 Å². The summed E-state index contributed by atoms with van der Waals surface area (Å²) in [5.41, 5.74) is 8.07. The Morgan fingerprint density at radius 1 is 1.00 bits per heavy atom. The van der Waals surface area contributed by atoms with Gasteiger partial charge in [0.25, 0.3) is 0 Å². The number of anilines is 1. The van der Waals surface area contributed by atoms with Crippen LogP contribution >= 0.6 is 12.2 Å². The van der Waals surface area contributed by atoms with Crippen LogP contribution in [-0.2, 0) is 6.54 Å². The number of aryl methyl sites for hydroxylation is 1. The lowest BCUT2D eigenvalue weighted by Gasteiger charge is -2.28. The third kappa shape index (κ3) is 4.39. The maximum Gasteiger partial charge on any atom is 0.170 e. The standard InChI is InChI=1S/C28H30N6S/c1-19-16-24(20(2)34(19)23-12-10-22(11-13-23)32(3)4)27-26(25-9-5-6-15-30-25)31-28(35)33(27)18-21-8-7-14-29-17-21/h5-17,26-27H,18H2,1-4H3,(H,31,35)/t26-,27+/m0/s1. The molecule has 7 heteroatoms. The molecule has 35 heavy (non-hydrogen) atoms. The van der Waals surface area contributed by atoms with E-state index in [1.54, 1.807) is 6.20 Å². The first-order chi connectivity index (χ1) is 16.9. The fourth-order valence-corrected chi connectivity index (χ4v) is 5.29. The number of aromatic nitrogens is 3. The summed E-state index contributed by atoms with van der Waals surface area (Å²) in [6, 6.07) is 21.0. The van der Waals surface area contributed by atoms with Crippen molar-refractivity contribution in [3.8, 4) is 5.69 Å². The summed E-state index contributed by atoms with van der Waals surface area (Å²) in [4.78, 5) is 13.4. The van der Waals surface area contributed by atoms with Gasteiger partial charge in [0.2, 0.25) is 0 Å². The van der Waals surface area contributed by atoms with Crippen LogP contribution in [0.2, 0.25) is 0 Å². The Bertz CT molecular complexity index is 1320. The molecule has 1 fully saturated rings. The molecule has 4 heterocycles. The molecular formula is C28H30N6S. The first-order valence-corrected chi connectivity index (χ1v) is 12.2. The van der Waals surface area contributed by atoms with Crippen molar-refractivity contribution in [3.63, 3.8) is 0 Å². The lowest BCUT2D eigenvalue weighted by Crippen LogP contribution is -2.29. The van der Waals surface area contributed by atoms with E-state index in [1.165, 1.54) is 22.6 Å². The molecule has 5 rings (SSSR count). The number of hydrogen-bond donors (Lipinski definition) is 1. The van der Waals surface area contributed by atoms with Crippen molar-refractivity contribution in [2.75, 3.05) is 19.0 Å². The van der Waals surface area contributed by atoms with E-state index in [2.05, 4.69) is 100 Å². The van der Waals surface area contributed by atoms with E-state index in [4.69, 9.17) is 12.2 Å². The summed E-state index contributed by atoms with van der Waals surface area (Å²) < 4.78 is 2.33. The second-order valence-corrected chi connectivity index (χ2v) is 9.58. The van der Waals surface area contributed by atoms with E-state index in [0.29, 0.717) is 6.54 Å². The van der Waals surface area contributed by atoms with Gasteiger partial charge in [0.15, 0.2) is 5.11 Å². The third-order valence-corrected chi connectivity index (χ3v) is 7.04. The highest BCUT2D eigenvalue weighted by molar-refractivity contribution is 7.80. The second-order valence-electron chi connectivity index (χ2n) is 9.19. The molecule has 0 aliphatic carbocycles. The largest absolute Gasteiger partial charge is 0.378 e. The maximum absolute atomic E-state index is 5.86. The first kappa shape index (κ1) is 23.1. The highest BCUT2D eigenvalue weighted by Gasteiger charge is 2.41. The molecule has 4 aromatic rings. The van der Waals surface area contributed by atoms with Gasteiger partial charge in [0.05, 0.1) is 17.8 Å². The zero-order valence-electron chi connectivity index (χ0n) is 20.5. The number of thiocarbonyl (C=S) groups is 1. The van der Waals surface area contributed by atoms with Gasteiger partial charge in [-0.15, -0.1) is 0 Å². The molecule has 0 amide bonds. The number of nitrogens with zero attached hydrogens (tertiary/aromatic N) is 5. The van der Waals surface area contributed by atoms with Gasteiger partial charge in [-0.1, -0.05) is 12.1 Å². The van der Waals surface area contributed by atoms with Gasteiger partial charge in [0, 0.05) is 62.0 Å². The van der Waals surface area contributed by atoms with Gasteiger partial charge in [-0.2, -0.15) is 0 Å². The Labute approximate surface area is 212 Å². The van der Waals surface area contributed by atoms with Crippen molar-refractivity contribution in [1.29, 1.82) is 0 Å². The fraction of sp³-hybridized carbons (Fsp3) is 0.250. The average Bonchev–Trinajstić information content (AvgIpc) is 3.35. The molecule has 1 aliphatic heterocycles. The van der Waals surface area contributed by atoms with Gasteiger partial charge in [0.1, 0.15) is 0 Å². The minimum atomic E-state index is -0.0505. The molecule has 1 aliphatic rings. The topological polar surface area (TPSA) is 49.2 Å². The summed E-state index contributed by atoms with van der Waals surface area (Å²) in [7, 11) is 4.12. The maximum atomic E-state index is 5.86. The average molecular weight is 483 g/mol. The van der Waals surface area contributed by atoms with Crippen LogP contribution < -0.4 is 10.2 Å². The van der Waals surface area contributed by atoms with Crippen LogP contribution in [0, 0.1) is 13.8 Å². The fourth-order valence-electron chi connectivity index (χ4n) is 4.99. The first-order valence-electron chi connectivity index (χ1n) is 11.8. The summed E-state index contributed by atoms with van der Waals surface area (Å²) in [6.45, 7) is 5.04. The van der Waals surface area contributed by atoms with Crippen LogP contribution in [0.1, 0.15) is 40.3 Å². The molecule has 0 radical (unpaired) electrons. The highest BCUT2D eigenvalue weighted by atomic mass is 32.1. The van der Waals surface area contributed by atoms with Crippen molar-refractivity contribution in [2.45, 2.75) is 32.5 Å². The van der Waals surface area contributed by atoms with Gasteiger partial charge in [-0.05, 0) is 85.7 Å². The Morgan fingerprint density at radius 3 is 2.46 bits per heavy atom. The lowest BCUT2D eigenvalue weighted by atomic mass is 9.96. The van der Waals surface area contributed by atoms with Crippen molar-refractivity contribution < 1.29 is 0 Å². The molecule has 0 unspecified atom stereocenters. The van der Waals surface area contributed by atoms with Gasteiger partial charge in [-0.3, -0.25) is 9.97 Å². The molecule has 6 nitrogen and oxygen atoms in total. The minimum Gasteiger partial charge on any atom is -0.378 e. The summed E-state index contributed by atoms with van der Waals surface area (Å²) in [5.74, 6) is 0.